The fourth-order valence-electron chi connectivity index (χ4n) is 2.38. The SMILES string of the molecule is N[C@@H](Cc1ccc(C(F)(F)F)cc1)C(=O)Nc1c(F)c(F)c(C(F)(F)F)c(F)c1F. The minimum absolute atomic E-state index is 0.0939. The number of benzene rings is 2. The normalized spacial score (nSPS) is 13.3. The Kier molecular flexibility index (Phi) is 6.35. The average Bonchev–Trinajstić information content (AvgIpc) is 2.62. The zero-order chi connectivity index (χ0) is 23.0. The van der Waals surface area contributed by atoms with E-state index in [1.807, 2.05) is 0 Å². The lowest BCUT2D eigenvalue weighted by molar-refractivity contribution is -0.143. The van der Waals surface area contributed by atoms with Crippen molar-refractivity contribution in [1.29, 1.82) is 0 Å². The van der Waals surface area contributed by atoms with Crippen molar-refractivity contribution in [2.75, 3.05) is 5.32 Å². The van der Waals surface area contributed by atoms with Gasteiger partial charge < -0.3 is 11.1 Å². The molecule has 0 saturated heterocycles. The van der Waals surface area contributed by atoms with Crippen LogP contribution < -0.4 is 11.1 Å². The van der Waals surface area contributed by atoms with E-state index in [1.165, 1.54) is 5.32 Å². The molecule has 2 aromatic rings. The molecule has 3 nitrogen and oxygen atoms in total. The van der Waals surface area contributed by atoms with Gasteiger partial charge in [0.25, 0.3) is 0 Å². The first-order valence-corrected chi connectivity index (χ1v) is 7.80. The van der Waals surface area contributed by atoms with Crippen molar-refractivity contribution in [3.8, 4) is 0 Å². The van der Waals surface area contributed by atoms with Crippen LogP contribution in [0.25, 0.3) is 0 Å². The molecule has 0 bridgehead atoms. The van der Waals surface area contributed by atoms with E-state index in [9.17, 15) is 48.7 Å². The summed E-state index contributed by atoms with van der Waals surface area (Å²) in [5.74, 6) is -12.0. The molecule has 0 radical (unpaired) electrons. The zero-order valence-corrected chi connectivity index (χ0v) is 14.4. The third-order valence-corrected chi connectivity index (χ3v) is 3.87. The molecule has 0 unspecified atom stereocenters. The molecule has 0 aliphatic carbocycles. The summed E-state index contributed by atoms with van der Waals surface area (Å²) in [5, 5.41) is 1.35. The summed E-state index contributed by atoms with van der Waals surface area (Å²) in [7, 11) is 0. The molecular weight excluding hydrogens is 438 g/mol. The maximum Gasteiger partial charge on any atom is 0.422 e. The van der Waals surface area contributed by atoms with Gasteiger partial charge in [0.05, 0.1) is 11.6 Å². The fourth-order valence-corrected chi connectivity index (χ4v) is 2.38. The van der Waals surface area contributed by atoms with Gasteiger partial charge >= 0.3 is 12.4 Å². The molecule has 0 aliphatic rings. The van der Waals surface area contributed by atoms with Gasteiger partial charge in [-0.15, -0.1) is 0 Å². The van der Waals surface area contributed by atoms with Gasteiger partial charge in [0.15, 0.2) is 23.3 Å². The Labute approximate surface area is 161 Å². The van der Waals surface area contributed by atoms with Gasteiger partial charge in [-0.3, -0.25) is 4.79 Å². The molecular formula is C17H10F10N2O. The third kappa shape index (κ3) is 4.83. The van der Waals surface area contributed by atoms with Crippen LogP contribution in [0.5, 0.6) is 0 Å². The quantitative estimate of drug-likeness (QED) is 0.522. The van der Waals surface area contributed by atoms with Crippen LogP contribution in [0, 0.1) is 23.3 Å². The van der Waals surface area contributed by atoms with E-state index >= 15 is 0 Å². The predicted octanol–water partition coefficient (Wildman–Crippen LogP) is 4.79. The molecule has 0 heterocycles. The first-order valence-electron chi connectivity index (χ1n) is 7.80. The maximum atomic E-state index is 13.8. The third-order valence-electron chi connectivity index (χ3n) is 3.87. The van der Waals surface area contributed by atoms with Crippen molar-refractivity contribution in [2.45, 2.75) is 24.8 Å². The topological polar surface area (TPSA) is 55.1 Å². The Hall–Kier alpha value is -2.83. The predicted molar refractivity (Wildman–Crippen MR) is 83.0 cm³/mol. The lowest BCUT2D eigenvalue weighted by Crippen LogP contribution is -2.38. The van der Waals surface area contributed by atoms with Crippen LogP contribution in [0.15, 0.2) is 24.3 Å². The van der Waals surface area contributed by atoms with E-state index in [2.05, 4.69) is 0 Å². The van der Waals surface area contributed by atoms with Gasteiger partial charge in [0.1, 0.15) is 11.3 Å². The Morgan fingerprint density at radius 2 is 1.30 bits per heavy atom. The molecule has 1 atom stereocenters. The number of hydrogen-bond acceptors (Lipinski definition) is 2. The van der Waals surface area contributed by atoms with Gasteiger partial charge in [-0.25, -0.2) is 17.6 Å². The summed E-state index contributed by atoms with van der Waals surface area (Å²) in [6.07, 6.45) is -10.8. The van der Waals surface area contributed by atoms with Crippen LogP contribution in [0.2, 0.25) is 0 Å². The van der Waals surface area contributed by atoms with E-state index in [0.29, 0.717) is 12.1 Å². The fraction of sp³-hybridized carbons (Fsp3) is 0.235. The van der Waals surface area contributed by atoms with Crippen molar-refractivity contribution in [3.05, 3.63) is 64.2 Å². The van der Waals surface area contributed by atoms with Gasteiger partial charge in [-0.2, -0.15) is 26.3 Å². The van der Waals surface area contributed by atoms with E-state index in [-0.39, 0.29) is 5.56 Å². The number of carbonyl (C=O) groups is 1. The second kappa shape index (κ2) is 8.13. The van der Waals surface area contributed by atoms with E-state index in [1.54, 1.807) is 0 Å². The molecule has 3 N–H and O–H groups in total. The highest BCUT2D eigenvalue weighted by Gasteiger charge is 2.42. The summed E-state index contributed by atoms with van der Waals surface area (Å²) < 4.78 is 130. The van der Waals surface area contributed by atoms with Crippen molar-refractivity contribution >= 4 is 11.6 Å². The molecule has 30 heavy (non-hydrogen) atoms. The first kappa shape index (κ1) is 23.4. The summed E-state index contributed by atoms with van der Waals surface area (Å²) in [6, 6.07) is 1.62. The van der Waals surface area contributed by atoms with E-state index in [0.717, 1.165) is 12.1 Å². The number of alkyl halides is 6. The Morgan fingerprint density at radius 3 is 1.70 bits per heavy atom. The summed E-state index contributed by atoms with van der Waals surface area (Å²) >= 11 is 0. The van der Waals surface area contributed by atoms with Gasteiger partial charge in [0, 0.05) is 0 Å². The van der Waals surface area contributed by atoms with Crippen molar-refractivity contribution < 1.29 is 48.7 Å². The molecule has 0 fully saturated rings. The smallest absolute Gasteiger partial charge is 0.320 e. The van der Waals surface area contributed by atoms with Crippen LogP contribution in [0.1, 0.15) is 16.7 Å². The van der Waals surface area contributed by atoms with Crippen LogP contribution in [-0.2, 0) is 23.6 Å². The Morgan fingerprint density at radius 1 is 0.833 bits per heavy atom. The monoisotopic (exact) mass is 448 g/mol. The standard InChI is InChI=1S/C17H10F10N2O/c18-10-9(17(25,26)27)11(19)13(21)14(12(10)20)29-15(30)8(28)5-6-1-3-7(4-2-6)16(22,23)24/h1-4,8H,5,28H2,(H,29,30)/t8-/m0/s1. The Balaban J connectivity index is 2.23. The molecule has 13 heteroatoms. The Bertz CT molecular complexity index is 922. The average molecular weight is 448 g/mol. The molecule has 2 aromatic carbocycles. The number of carbonyl (C=O) groups excluding carboxylic acids is 1. The number of halogens is 10. The number of nitrogens with two attached hydrogens (primary N) is 1. The van der Waals surface area contributed by atoms with Crippen LogP contribution >= 0.6 is 0 Å². The number of nitrogens with one attached hydrogen (secondary N) is 1. The molecule has 0 aliphatic heterocycles. The second-order valence-corrected chi connectivity index (χ2v) is 6.00. The number of anilines is 1. The van der Waals surface area contributed by atoms with E-state index in [4.69, 9.17) is 5.73 Å². The van der Waals surface area contributed by atoms with Crippen LogP contribution in [0.4, 0.5) is 49.6 Å². The van der Waals surface area contributed by atoms with E-state index < -0.39 is 70.8 Å². The largest absolute Gasteiger partial charge is 0.422 e. The lowest BCUT2D eigenvalue weighted by atomic mass is 10.0. The molecule has 0 spiro atoms. The number of hydrogen-bond donors (Lipinski definition) is 2. The first-order chi connectivity index (χ1) is 13.6. The highest BCUT2D eigenvalue weighted by Crippen LogP contribution is 2.38. The zero-order valence-electron chi connectivity index (χ0n) is 14.4. The van der Waals surface area contributed by atoms with Gasteiger partial charge in [-0.1, -0.05) is 12.1 Å². The molecule has 164 valence electrons. The number of amides is 1. The summed E-state index contributed by atoms with van der Waals surface area (Å²) in [6.45, 7) is 0. The molecule has 2 rings (SSSR count). The lowest BCUT2D eigenvalue weighted by Gasteiger charge is -2.17. The molecule has 0 saturated carbocycles. The highest BCUT2D eigenvalue weighted by molar-refractivity contribution is 5.95. The highest BCUT2D eigenvalue weighted by atomic mass is 19.4. The number of rotatable bonds is 4. The second-order valence-electron chi connectivity index (χ2n) is 6.00. The minimum atomic E-state index is -5.75. The van der Waals surface area contributed by atoms with Crippen molar-refractivity contribution in [2.24, 2.45) is 5.73 Å². The van der Waals surface area contributed by atoms with Gasteiger partial charge in [-0.05, 0) is 24.1 Å². The van der Waals surface area contributed by atoms with Crippen LogP contribution in [-0.4, -0.2) is 11.9 Å². The van der Waals surface area contributed by atoms with Gasteiger partial charge in [0.2, 0.25) is 5.91 Å². The minimum Gasteiger partial charge on any atom is -0.320 e. The molecule has 0 aromatic heterocycles. The summed E-state index contributed by atoms with van der Waals surface area (Å²) in [4.78, 5) is 11.9. The molecule has 1 amide bonds. The summed E-state index contributed by atoms with van der Waals surface area (Å²) in [5.41, 5.74) is -0.0958. The van der Waals surface area contributed by atoms with Crippen LogP contribution in [0.3, 0.4) is 0 Å². The maximum absolute atomic E-state index is 13.8. The van der Waals surface area contributed by atoms with Crippen molar-refractivity contribution in [1.82, 2.24) is 0 Å². The van der Waals surface area contributed by atoms with Crippen molar-refractivity contribution in [3.63, 3.8) is 0 Å².